The van der Waals surface area contributed by atoms with Crippen LogP contribution in [-0.4, -0.2) is 48.0 Å². The minimum absolute atomic E-state index is 0.00642. The number of aromatic nitrogens is 5. The third kappa shape index (κ3) is 4.93. The van der Waals surface area contributed by atoms with Crippen molar-refractivity contribution in [2.75, 3.05) is 18.4 Å². The van der Waals surface area contributed by atoms with Gasteiger partial charge < -0.3 is 10.2 Å². The summed E-state index contributed by atoms with van der Waals surface area (Å²) in [6, 6.07) is 7.58. The lowest BCUT2D eigenvalue weighted by atomic mass is 9.97. The van der Waals surface area contributed by atoms with Crippen molar-refractivity contribution in [3.05, 3.63) is 73.0 Å². The monoisotopic (exact) mass is 549 g/mol. The highest BCUT2D eigenvalue weighted by atomic mass is 32.1. The molecule has 38 heavy (non-hydrogen) atoms. The third-order valence-electron chi connectivity index (χ3n) is 7.21. The molecule has 1 amide bonds. The van der Waals surface area contributed by atoms with Gasteiger partial charge in [0.25, 0.3) is 11.5 Å². The van der Waals surface area contributed by atoms with E-state index in [0.29, 0.717) is 24.6 Å². The smallest absolute Gasteiger partial charge is 0.329 e. The van der Waals surface area contributed by atoms with E-state index in [-0.39, 0.29) is 23.9 Å². The highest BCUT2D eigenvalue weighted by molar-refractivity contribution is 7.18. The number of likely N-dealkylation sites (tertiary alicyclic amines) is 1. The van der Waals surface area contributed by atoms with Crippen LogP contribution in [0, 0.1) is 12.8 Å². The predicted molar refractivity (Wildman–Crippen MR) is 147 cm³/mol. The van der Waals surface area contributed by atoms with Crippen LogP contribution in [0.25, 0.3) is 9.88 Å². The van der Waals surface area contributed by atoms with Crippen molar-refractivity contribution in [3.63, 3.8) is 0 Å². The predicted octanol–water partition coefficient (Wildman–Crippen LogP) is 3.60. The lowest BCUT2D eigenvalue weighted by Gasteiger charge is -2.32. The van der Waals surface area contributed by atoms with Gasteiger partial charge in [-0.1, -0.05) is 10.6 Å². The fourth-order valence-electron chi connectivity index (χ4n) is 5.29. The Bertz CT molecular complexity index is 1590. The highest BCUT2D eigenvalue weighted by Crippen LogP contribution is 2.30. The molecule has 0 radical (unpaired) electrons. The molecule has 1 aromatic carbocycles. The minimum Gasteiger partial charge on any atom is -0.342 e. The van der Waals surface area contributed by atoms with Gasteiger partial charge in [-0.3, -0.25) is 19.1 Å². The van der Waals surface area contributed by atoms with Crippen LogP contribution in [0.1, 0.15) is 46.6 Å². The van der Waals surface area contributed by atoms with Gasteiger partial charge in [0.1, 0.15) is 21.4 Å². The van der Waals surface area contributed by atoms with Crippen molar-refractivity contribution >= 4 is 40.3 Å². The Hall–Kier alpha value is -3.64. The molecule has 0 saturated carbocycles. The van der Waals surface area contributed by atoms with Crippen LogP contribution >= 0.6 is 22.9 Å². The molecule has 0 spiro atoms. The van der Waals surface area contributed by atoms with Crippen LogP contribution in [0.5, 0.6) is 0 Å². The lowest BCUT2D eigenvalue weighted by molar-refractivity contribution is 0.0656. The molecule has 2 aliphatic rings. The zero-order chi connectivity index (χ0) is 26.2. The number of rotatable bonds is 6. The van der Waals surface area contributed by atoms with Gasteiger partial charge in [-0.15, -0.1) is 16.4 Å². The number of piperidine rings is 1. The van der Waals surface area contributed by atoms with Gasteiger partial charge in [0.05, 0.1) is 5.69 Å². The largest absolute Gasteiger partial charge is 0.342 e. The molecule has 1 atom stereocenters. The Kier molecular flexibility index (Phi) is 6.66. The van der Waals surface area contributed by atoms with Gasteiger partial charge in [0.15, 0.2) is 0 Å². The molecule has 0 bridgehead atoms. The van der Waals surface area contributed by atoms with Crippen molar-refractivity contribution in [2.45, 2.75) is 45.6 Å². The Labute approximate surface area is 226 Å². The Balaban J connectivity index is 1.13. The number of amides is 1. The maximum Gasteiger partial charge on any atom is 0.329 e. The lowest BCUT2D eigenvalue weighted by Crippen LogP contribution is -2.44. The second-order valence-corrected chi connectivity index (χ2v) is 11.5. The SMILES string of the molecule is Cc1nnsc1-c1nc(C(=O)N2CCCC(Cn3c(=O)cc(Nc4ccc5c(c4)CCC5)[nH]c3=O)C2)cs1. The van der Waals surface area contributed by atoms with E-state index in [1.165, 1.54) is 44.6 Å². The minimum atomic E-state index is -0.456. The molecule has 10 nitrogen and oxygen atoms in total. The summed E-state index contributed by atoms with van der Waals surface area (Å²) in [7, 11) is 0. The van der Waals surface area contributed by atoms with Gasteiger partial charge in [-0.05, 0) is 79.7 Å². The van der Waals surface area contributed by atoms with E-state index in [1.807, 2.05) is 13.0 Å². The second kappa shape index (κ2) is 10.3. The summed E-state index contributed by atoms with van der Waals surface area (Å²) in [5.41, 5.74) is 3.90. The molecule has 1 fully saturated rings. The number of fused-ring (bicyclic) bond motifs is 1. The molecule has 3 aromatic heterocycles. The Morgan fingerprint density at radius 3 is 2.87 bits per heavy atom. The van der Waals surface area contributed by atoms with Crippen LogP contribution in [0.3, 0.4) is 0 Å². The number of hydrogen-bond acceptors (Lipinski definition) is 9. The number of thiazole rings is 1. The van der Waals surface area contributed by atoms with Crippen molar-refractivity contribution in [1.29, 1.82) is 0 Å². The molecule has 12 heteroatoms. The van der Waals surface area contributed by atoms with E-state index >= 15 is 0 Å². The van der Waals surface area contributed by atoms with Gasteiger partial charge in [0, 0.05) is 36.8 Å². The van der Waals surface area contributed by atoms with E-state index in [9.17, 15) is 14.4 Å². The van der Waals surface area contributed by atoms with Crippen molar-refractivity contribution in [2.24, 2.45) is 5.92 Å². The summed E-state index contributed by atoms with van der Waals surface area (Å²) >= 11 is 2.67. The van der Waals surface area contributed by atoms with Gasteiger partial charge >= 0.3 is 5.69 Å². The first kappa shape index (κ1) is 24.7. The maximum absolute atomic E-state index is 13.2. The molecule has 4 heterocycles. The number of carbonyl (C=O) groups is 1. The number of H-pyrrole nitrogens is 1. The number of nitrogens with zero attached hydrogens (tertiary/aromatic N) is 5. The van der Waals surface area contributed by atoms with Crippen molar-refractivity contribution in [3.8, 4) is 9.88 Å². The van der Waals surface area contributed by atoms with Gasteiger partial charge in [-0.25, -0.2) is 9.78 Å². The molecule has 4 aromatic rings. The molecule has 1 saturated heterocycles. The molecule has 1 aliphatic carbocycles. The summed E-state index contributed by atoms with van der Waals surface area (Å²) in [6.07, 6.45) is 4.94. The molecular formula is C26H27N7O3S2. The highest BCUT2D eigenvalue weighted by Gasteiger charge is 2.27. The normalized spacial score (nSPS) is 17.0. The molecule has 1 unspecified atom stereocenters. The first-order valence-corrected chi connectivity index (χ1v) is 14.4. The third-order valence-corrected chi connectivity index (χ3v) is 9.04. The van der Waals surface area contributed by atoms with E-state index in [1.54, 1.807) is 10.3 Å². The number of anilines is 2. The number of hydrogen-bond donors (Lipinski definition) is 2. The van der Waals surface area contributed by atoms with E-state index in [0.717, 1.165) is 53.4 Å². The number of aromatic amines is 1. The zero-order valence-electron chi connectivity index (χ0n) is 20.9. The average molecular weight is 550 g/mol. The number of aryl methyl sites for hydroxylation is 3. The number of nitrogens with one attached hydrogen (secondary N) is 2. The van der Waals surface area contributed by atoms with Crippen molar-refractivity contribution < 1.29 is 4.79 Å². The van der Waals surface area contributed by atoms with Crippen LogP contribution < -0.4 is 16.6 Å². The van der Waals surface area contributed by atoms with Crippen LogP contribution in [0.4, 0.5) is 11.5 Å². The number of benzene rings is 1. The first-order valence-electron chi connectivity index (χ1n) is 12.7. The van der Waals surface area contributed by atoms with Crippen LogP contribution in [-0.2, 0) is 19.4 Å². The zero-order valence-corrected chi connectivity index (χ0v) is 22.5. The second-order valence-electron chi connectivity index (χ2n) is 9.88. The summed E-state index contributed by atoms with van der Waals surface area (Å²) in [5.74, 6) is 0.232. The Morgan fingerprint density at radius 1 is 1.18 bits per heavy atom. The Morgan fingerprint density at radius 2 is 2.05 bits per heavy atom. The van der Waals surface area contributed by atoms with E-state index < -0.39 is 5.69 Å². The molecule has 196 valence electrons. The standard InChI is InChI=1S/C26H27N7O3S2/c1-15-23(38-31-30-15)24-28-20(14-37-24)25(35)32-9-3-4-16(12-32)13-33-22(34)11-21(29-26(33)36)27-19-8-7-17-5-2-6-18(17)10-19/h7-8,10-11,14,16,27H,2-6,9,12-13H2,1H3,(H,29,36). The van der Waals surface area contributed by atoms with Crippen molar-refractivity contribution in [1.82, 2.24) is 29.0 Å². The van der Waals surface area contributed by atoms with Crippen LogP contribution in [0.15, 0.2) is 39.2 Å². The van der Waals surface area contributed by atoms with Crippen LogP contribution in [0.2, 0.25) is 0 Å². The maximum atomic E-state index is 13.2. The fraction of sp³-hybridized carbons (Fsp3) is 0.385. The molecular weight excluding hydrogens is 522 g/mol. The van der Waals surface area contributed by atoms with E-state index in [4.69, 9.17) is 0 Å². The summed E-state index contributed by atoms with van der Waals surface area (Å²) < 4.78 is 5.18. The fourth-order valence-corrected chi connectivity index (χ4v) is 6.87. The number of carbonyl (C=O) groups excluding carboxylic acids is 1. The van der Waals surface area contributed by atoms with Gasteiger partial charge in [0.2, 0.25) is 0 Å². The summed E-state index contributed by atoms with van der Waals surface area (Å²) in [5, 5.41) is 9.69. The molecule has 6 rings (SSSR count). The quantitative estimate of drug-likeness (QED) is 0.376. The molecule has 1 aliphatic heterocycles. The topological polar surface area (TPSA) is 126 Å². The summed E-state index contributed by atoms with van der Waals surface area (Å²) in [6.45, 7) is 3.22. The first-order chi connectivity index (χ1) is 18.4. The average Bonchev–Trinajstić information content (AvgIpc) is 3.66. The van der Waals surface area contributed by atoms with E-state index in [2.05, 4.69) is 37.0 Å². The summed E-state index contributed by atoms with van der Waals surface area (Å²) in [4.78, 5) is 48.9. The molecule has 2 N–H and O–H groups in total. The van der Waals surface area contributed by atoms with Gasteiger partial charge in [-0.2, -0.15) is 0 Å².